The summed E-state index contributed by atoms with van der Waals surface area (Å²) in [5.41, 5.74) is 1.16. The molecule has 24 heavy (non-hydrogen) atoms. The Hall–Kier alpha value is -2.24. The normalized spacial score (nSPS) is 23.3. The number of hydrogen-bond acceptors (Lipinski definition) is 3. The highest BCUT2D eigenvalue weighted by Gasteiger charge is 2.47. The van der Waals surface area contributed by atoms with E-state index in [0.717, 1.165) is 31.2 Å². The lowest BCUT2D eigenvalue weighted by Crippen LogP contribution is -2.34. The first-order valence-electron chi connectivity index (χ1n) is 8.38. The molecule has 1 aromatic carbocycles. The van der Waals surface area contributed by atoms with Crippen molar-refractivity contribution in [1.82, 2.24) is 4.90 Å². The van der Waals surface area contributed by atoms with Gasteiger partial charge in [0.2, 0.25) is 17.7 Å². The molecule has 0 bridgehead atoms. The lowest BCUT2D eigenvalue weighted by molar-refractivity contribution is -0.140. The Bertz CT molecular complexity index is 665. The average Bonchev–Trinajstić information content (AvgIpc) is 2.81. The Morgan fingerprint density at radius 3 is 2.46 bits per heavy atom. The molecule has 3 rings (SSSR count). The van der Waals surface area contributed by atoms with E-state index >= 15 is 0 Å². The Labute approximate surface area is 140 Å². The number of aryl methyl sites for hydroxylation is 1. The van der Waals surface area contributed by atoms with Gasteiger partial charge in [0.15, 0.2) is 0 Å². The summed E-state index contributed by atoms with van der Waals surface area (Å²) in [5.74, 6) is -1.43. The van der Waals surface area contributed by atoms with Crippen LogP contribution in [0.4, 0.5) is 10.1 Å². The van der Waals surface area contributed by atoms with Crippen LogP contribution in [0.3, 0.4) is 0 Å². The molecule has 0 aromatic heterocycles. The summed E-state index contributed by atoms with van der Waals surface area (Å²) in [4.78, 5) is 38.0. The zero-order chi connectivity index (χ0) is 17.3. The minimum atomic E-state index is -0.426. The first kappa shape index (κ1) is 16.6. The molecule has 1 aliphatic carbocycles. The van der Waals surface area contributed by atoms with Gasteiger partial charge >= 0.3 is 0 Å². The predicted octanol–water partition coefficient (Wildman–Crippen LogP) is 2.64. The van der Waals surface area contributed by atoms with Crippen LogP contribution < -0.4 is 5.32 Å². The smallest absolute Gasteiger partial charge is 0.233 e. The lowest BCUT2D eigenvalue weighted by atomic mass is 9.81. The highest BCUT2D eigenvalue weighted by molar-refractivity contribution is 6.05. The summed E-state index contributed by atoms with van der Waals surface area (Å²) in [7, 11) is 0. The Balaban J connectivity index is 1.59. The van der Waals surface area contributed by atoms with Crippen molar-refractivity contribution in [1.29, 1.82) is 0 Å². The molecule has 6 heteroatoms. The number of rotatable bonds is 4. The Morgan fingerprint density at radius 1 is 1.21 bits per heavy atom. The topological polar surface area (TPSA) is 66.5 Å². The maximum atomic E-state index is 13.3. The molecule has 2 fully saturated rings. The minimum absolute atomic E-state index is 0.0207. The third kappa shape index (κ3) is 3.18. The lowest BCUT2D eigenvalue weighted by Gasteiger charge is -2.19. The summed E-state index contributed by atoms with van der Waals surface area (Å²) in [6.07, 6.45) is 3.51. The van der Waals surface area contributed by atoms with Gasteiger partial charge in [0.25, 0.3) is 0 Å². The number of carbonyl (C=O) groups is 3. The molecule has 0 spiro atoms. The molecule has 1 N–H and O–H groups in total. The largest absolute Gasteiger partial charge is 0.326 e. The van der Waals surface area contributed by atoms with Gasteiger partial charge in [-0.3, -0.25) is 19.3 Å². The van der Waals surface area contributed by atoms with Crippen LogP contribution in [0.25, 0.3) is 0 Å². The molecule has 1 saturated heterocycles. The second-order valence-corrected chi connectivity index (χ2v) is 6.58. The fourth-order valence-corrected chi connectivity index (χ4v) is 3.61. The molecule has 3 amide bonds. The summed E-state index contributed by atoms with van der Waals surface area (Å²) < 4.78 is 13.3. The van der Waals surface area contributed by atoms with E-state index in [4.69, 9.17) is 0 Å². The van der Waals surface area contributed by atoms with Gasteiger partial charge in [-0.2, -0.15) is 0 Å². The number of hydrogen-bond donors (Lipinski definition) is 1. The van der Waals surface area contributed by atoms with Crippen LogP contribution in [0.15, 0.2) is 18.2 Å². The number of amides is 3. The molecule has 2 atom stereocenters. The molecule has 1 heterocycles. The Morgan fingerprint density at radius 2 is 1.83 bits per heavy atom. The molecule has 0 unspecified atom stereocenters. The molecular formula is C18H21FN2O3. The van der Waals surface area contributed by atoms with Crippen LogP contribution in [0.2, 0.25) is 0 Å². The van der Waals surface area contributed by atoms with E-state index in [1.807, 2.05) is 0 Å². The zero-order valence-corrected chi connectivity index (χ0v) is 13.7. The van der Waals surface area contributed by atoms with Crippen molar-refractivity contribution in [3.05, 3.63) is 29.6 Å². The van der Waals surface area contributed by atoms with E-state index in [-0.39, 0.29) is 42.5 Å². The van der Waals surface area contributed by atoms with Gasteiger partial charge in [0.05, 0.1) is 11.8 Å². The monoisotopic (exact) mass is 332 g/mol. The van der Waals surface area contributed by atoms with E-state index in [1.54, 1.807) is 13.0 Å². The summed E-state index contributed by atoms with van der Waals surface area (Å²) in [6, 6.07) is 4.17. The number of nitrogens with zero attached hydrogens (tertiary/aromatic N) is 1. The van der Waals surface area contributed by atoms with Crippen molar-refractivity contribution < 1.29 is 18.8 Å². The van der Waals surface area contributed by atoms with Crippen molar-refractivity contribution in [3.8, 4) is 0 Å². The molecule has 1 saturated carbocycles. The fraction of sp³-hybridized carbons (Fsp3) is 0.500. The van der Waals surface area contributed by atoms with Gasteiger partial charge in [0.1, 0.15) is 5.82 Å². The van der Waals surface area contributed by atoms with Gasteiger partial charge in [-0.1, -0.05) is 18.9 Å². The molecule has 128 valence electrons. The van der Waals surface area contributed by atoms with Crippen molar-refractivity contribution in [2.75, 3.05) is 11.9 Å². The maximum Gasteiger partial charge on any atom is 0.233 e. The standard InChI is InChI=1S/C18H21FN2O3/c1-11-6-7-12(19)10-15(11)20-16(22)8-9-21-17(23)13-4-2-3-5-14(13)18(21)24/h6-7,10,13-14H,2-5,8-9H2,1H3,(H,20,22)/t13-,14-/m1/s1. The highest BCUT2D eigenvalue weighted by Crippen LogP contribution is 2.37. The number of likely N-dealkylation sites (tertiary alicyclic amines) is 1. The maximum absolute atomic E-state index is 13.3. The van der Waals surface area contributed by atoms with Gasteiger partial charge < -0.3 is 5.32 Å². The highest BCUT2D eigenvalue weighted by atomic mass is 19.1. The SMILES string of the molecule is Cc1ccc(F)cc1NC(=O)CCN1C(=O)[C@@H]2CCCC[C@H]2C1=O. The van der Waals surface area contributed by atoms with Gasteiger partial charge in [-0.15, -0.1) is 0 Å². The van der Waals surface area contributed by atoms with E-state index in [9.17, 15) is 18.8 Å². The third-order valence-corrected chi connectivity index (χ3v) is 4.97. The van der Waals surface area contributed by atoms with Crippen LogP contribution in [-0.2, 0) is 14.4 Å². The van der Waals surface area contributed by atoms with Crippen LogP contribution in [-0.4, -0.2) is 29.2 Å². The Kier molecular flexibility index (Phi) is 4.64. The molecule has 1 aliphatic heterocycles. The van der Waals surface area contributed by atoms with Crippen LogP contribution >= 0.6 is 0 Å². The molecule has 2 aliphatic rings. The van der Waals surface area contributed by atoms with Crippen LogP contribution in [0.1, 0.15) is 37.7 Å². The number of nitrogens with one attached hydrogen (secondary N) is 1. The van der Waals surface area contributed by atoms with Crippen molar-refractivity contribution >= 4 is 23.4 Å². The number of fused-ring (bicyclic) bond motifs is 1. The number of benzene rings is 1. The first-order valence-corrected chi connectivity index (χ1v) is 8.38. The van der Waals surface area contributed by atoms with Gasteiger partial charge in [-0.25, -0.2) is 4.39 Å². The van der Waals surface area contributed by atoms with E-state index in [1.165, 1.54) is 17.0 Å². The van der Waals surface area contributed by atoms with Gasteiger partial charge in [-0.05, 0) is 37.5 Å². The summed E-state index contributed by atoms with van der Waals surface area (Å²) in [5, 5.41) is 2.64. The number of anilines is 1. The quantitative estimate of drug-likeness (QED) is 0.862. The molecule has 1 aromatic rings. The average molecular weight is 332 g/mol. The van der Waals surface area contributed by atoms with E-state index in [2.05, 4.69) is 5.32 Å². The van der Waals surface area contributed by atoms with Crippen LogP contribution in [0, 0.1) is 24.6 Å². The number of imide groups is 1. The first-order chi connectivity index (χ1) is 11.5. The zero-order valence-electron chi connectivity index (χ0n) is 13.7. The van der Waals surface area contributed by atoms with Gasteiger partial charge in [0, 0.05) is 18.7 Å². The van der Waals surface area contributed by atoms with Crippen molar-refractivity contribution in [2.24, 2.45) is 11.8 Å². The molecule has 0 radical (unpaired) electrons. The molecule has 5 nitrogen and oxygen atoms in total. The van der Waals surface area contributed by atoms with E-state index < -0.39 is 5.82 Å². The summed E-state index contributed by atoms with van der Waals surface area (Å²) >= 11 is 0. The second-order valence-electron chi connectivity index (χ2n) is 6.58. The van der Waals surface area contributed by atoms with E-state index in [0.29, 0.717) is 5.69 Å². The van der Waals surface area contributed by atoms with Crippen molar-refractivity contribution in [2.45, 2.75) is 39.0 Å². The second kappa shape index (κ2) is 6.71. The number of halogens is 1. The number of carbonyl (C=O) groups excluding carboxylic acids is 3. The van der Waals surface area contributed by atoms with Crippen molar-refractivity contribution in [3.63, 3.8) is 0 Å². The molecular weight excluding hydrogens is 311 g/mol. The minimum Gasteiger partial charge on any atom is -0.326 e. The third-order valence-electron chi connectivity index (χ3n) is 4.97. The van der Waals surface area contributed by atoms with Crippen LogP contribution in [0.5, 0.6) is 0 Å². The fourth-order valence-electron chi connectivity index (χ4n) is 3.61. The predicted molar refractivity (Wildman–Crippen MR) is 86.6 cm³/mol. The summed E-state index contributed by atoms with van der Waals surface area (Å²) in [6.45, 7) is 1.86.